The molecule has 1 saturated carbocycles. The molecule has 5 nitrogen and oxygen atoms in total. The molecule has 0 spiro atoms. The summed E-state index contributed by atoms with van der Waals surface area (Å²) >= 11 is 0. The summed E-state index contributed by atoms with van der Waals surface area (Å²) in [6, 6.07) is 1.95. The van der Waals surface area contributed by atoms with Gasteiger partial charge in [-0.05, 0) is 31.6 Å². The number of aromatic nitrogens is 2. The Kier molecular flexibility index (Phi) is 3.47. The molecule has 5 heteroatoms. The molecule has 0 bridgehead atoms. The second kappa shape index (κ2) is 4.87. The molecule has 1 fully saturated rings. The van der Waals surface area contributed by atoms with E-state index in [0.717, 1.165) is 18.1 Å². The van der Waals surface area contributed by atoms with Gasteiger partial charge in [0.05, 0.1) is 0 Å². The third-order valence-corrected chi connectivity index (χ3v) is 3.37. The van der Waals surface area contributed by atoms with Gasteiger partial charge in [0, 0.05) is 18.3 Å². The van der Waals surface area contributed by atoms with Crippen molar-refractivity contribution in [2.45, 2.75) is 39.5 Å². The Labute approximate surface area is 102 Å². The molecule has 0 radical (unpaired) electrons. The van der Waals surface area contributed by atoms with Crippen molar-refractivity contribution in [3.8, 4) is 0 Å². The van der Waals surface area contributed by atoms with Gasteiger partial charge in [0.15, 0.2) is 0 Å². The zero-order valence-corrected chi connectivity index (χ0v) is 10.6. The highest BCUT2D eigenvalue weighted by molar-refractivity contribution is 5.42. The maximum Gasteiger partial charge on any atom is 0.239 e. The summed E-state index contributed by atoms with van der Waals surface area (Å²) in [4.78, 5) is 8.45. The summed E-state index contributed by atoms with van der Waals surface area (Å²) < 4.78 is 0. The van der Waals surface area contributed by atoms with Crippen LogP contribution in [-0.2, 0) is 0 Å². The van der Waals surface area contributed by atoms with Crippen LogP contribution in [0.25, 0.3) is 0 Å². The summed E-state index contributed by atoms with van der Waals surface area (Å²) in [7, 11) is 0. The molecule has 2 rings (SSSR count). The lowest BCUT2D eigenvalue weighted by Crippen LogP contribution is -2.17. The minimum absolute atomic E-state index is 0.466. The maximum atomic E-state index is 5.33. The normalized spacial score (nSPS) is 16.6. The lowest BCUT2D eigenvalue weighted by Gasteiger charge is -2.15. The molecule has 1 aromatic rings. The topological polar surface area (TPSA) is 75.9 Å². The van der Waals surface area contributed by atoms with Gasteiger partial charge in [-0.25, -0.2) is 10.8 Å². The first-order chi connectivity index (χ1) is 8.17. The van der Waals surface area contributed by atoms with Crippen molar-refractivity contribution in [3.05, 3.63) is 11.8 Å². The molecule has 17 heavy (non-hydrogen) atoms. The van der Waals surface area contributed by atoms with Crippen LogP contribution in [0.15, 0.2) is 6.07 Å². The molecule has 1 heterocycles. The molecular formula is C12H21N5. The fourth-order valence-corrected chi connectivity index (χ4v) is 2.22. The van der Waals surface area contributed by atoms with Crippen molar-refractivity contribution < 1.29 is 0 Å². The first-order valence-electron chi connectivity index (χ1n) is 6.24. The second-order valence-electron chi connectivity index (χ2n) is 4.97. The van der Waals surface area contributed by atoms with E-state index in [2.05, 4.69) is 27.6 Å². The lowest BCUT2D eigenvalue weighted by atomic mass is 10.0. The van der Waals surface area contributed by atoms with Crippen LogP contribution in [0.4, 0.5) is 11.8 Å². The van der Waals surface area contributed by atoms with Crippen LogP contribution in [0, 0.1) is 12.3 Å². The number of nitrogens with one attached hydrogen (secondary N) is 2. The summed E-state index contributed by atoms with van der Waals surface area (Å²) in [6.45, 7) is 5.18. The van der Waals surface area contributed by atoms with Crippen LogP contribution >= 0.6 is 0 Å². The Balaban J connectivity index is 1.97. The molecule has 1 aliphatic rings. The quantitative estimate of drug-likeness (QED) is 0.520. The minimum atomic E-state index is 0.466. The van der Waals surface area contributed by atoms with E-state index in [-0.39, 0.29) is 0 Å². The van der Waals surface area contributed by atoms with Gasteiger partial charge in [-0.3, -0.25) is 5.43 Å². The van der Waals surface area contributed by atoms with Crippen molar-refractivity contribution in [1.82, 2.24) is 9.97 Å². The largest absolute Gasteiger partial charge is 0.369 e. The molecule has 0 unspecified atom stereocenters. The average molecular weight is 235 g/mol. The summed E-state index contributed by atoms with van der Waals surface area (Å²) in [5.41, 5.74) is 3.91. The van der Waals surface area contributed by atoms with E-state index >= 15 is 0 Å². The molecule has 1 aliphatic carbocycles. The van der Waals surface area contributed by atoms with E-state index in [1.54, 1.807) is 0 Å². The fraction of sp³-hybridized carbons (Fsp3) is 0.667. The minimum Gasteiger partial charge on any atom is -0.369 e. The standard InChI is InChI=1S/C12H21N5/c1-3-4-12(5-6-12)8-14-10-7-9(2)15-11(16-10)17-13/h7H,3-6,8,13H2,1-2H3,(H2,14,15,16,17). The number of rotatable bonds is 6. The summed E-state index contributed by atoms with van der Waals surface area (Å²) in [6.07, 6.45) is 5.21. The Bertz CT molecular complexity index is 386. The number of hydrogen-bond donors (Lipinski definition) is 3. The number of nitrogens with zero attached hydrogens (tertiary/aromatic N) is 2. The van der Waals surface area contributed by atoms with E-state index in [9.17, 15) is 0 Å². The SMILES string of the molecule is CCCC1(CNc2cc(C)nc(NN)n2)CC1. The van der Waals surface area contributed by atoms with Gasteiger partial charge in [-0.15, -0.1) is 0 Å². The fourth-order valence-electron chi connectivity index (χ4n) is 2.22. The highest BCUT2D eigenvalue weighted by Crippen LogP contribution is 2.49. The number of nitrogen functional groups attached to an aromatic ring is 1. The van der Waals surface area contributed by atoms with Gasteiger partial charge < -0.3 is 5.32 Å². The number of anilines is 2. The van der Waals surface area contributed by atoms with Crippen molar-refractivity contribution >= 4 is 11.8 Å². The first-order valence-corrected chi connectivity index (χ1v) is 6.24. The van der Waals surface area contributed by atoms with E-state index in [0.29, 0.717) is 11.4 Å². The molecule has 0 saturated heterocycles. The smallest absolute Gasteiger partial charge is 0.239 e. The predicted octanol–water partition coefficient (Wildman–Crippen LogP) is 2.06. The lowest BCUT2D eigenvalue weighted by molar-refractivity contribution is 0.485. The molecule has 0 atom stereocenters. The van der Waals surface area contributed by atoms with Crippen LogP contribution in [0.5, 0.6) is 0 Å². The van der Waals surface area contributed by atoms with E-state index in [1.165, 1.54) is 25.7 Å². The zero-order valence-electron chi connectivity index (χ0n) is 10.6. The summed E-state index contributed by atoms with van der Waals surface area (Å²) in [5.74, 6) is 6.65. The van der Waals surface area contributed by atoms with Crippen molar-refractivity contribution in [3.63, 3.8) is 0 Å². The first kappa shape index (κ1) is 12.1. The maximum absolute atomic E-state index is 5.33. The predicted molar refractivity (Wildman–Crippen MR) is 69.6 cm³/mol. The molecule has 0 amide bonds. The molecule has 4 N–H and O–H groups in total. The van der Waals surface area contributed by atoms with Crippen LogP contribution in [-0.4, -0.2) is 16.5 Å². The van der Waals surface area contributed by atoms with Crippen LogP contribution in [0.3, 0.4) is 0 Å². The number of hydrogen-bond acceptors (Lipinski definition) is 5. The molecule has 0 aliphatic heterocycles. The van der Waals surface area contributed by atoms with Crippen LogP contribution in [0.1, 0.15) is 38.3 Å². The van der Waals surface area contributed by atoms with Gasteiger partial charge in [-0.1, -0.05) is 13.3 Å². The Morgan fingerprint density at radius 3 is 2.76 bits per heavy atom. The van der Waals surface area contributed by atoms with Gasteiger partial charge in [0.1, 0.15) is 5.82 Å². The van der Waals surface area contributed by atoms with E-state index in [1.807, 2.05) is 13.0 Å². The van der Waals surface area contributed by atoms with Gasteiger partial charge in [-0.2, -0.15) is 4.98 Å². The monoisotopic (exact) mass is 235 g/mol. The molecule has 94 valence electrons. The van der Waals surface area contributed by atoms with Crippen LogP contribution < -0.4 is 16.6 Å². The van der Waals surface area contributed by atoms with Crippen molar-refractivity contribution in [1.29, 1.82) is 0 Å². The van der Waals surface area contributed by atoms with Gasteiger partial charge in [0.2, 0.25) is 5.95 Å². The zero-order chi connectivity index (χ0) is 12.3. The van der Waals surface area contributed by atoms with E-state index < -0.39 is 0 Å². The number of hydrazine groups is 1. The average Bonchev–Trinajstić information content (AvgIpc) is 3.07. The Morgan fingerprint density at radius 2 is 2.18 bits per heavy atom. The highest BCUT2D eigenvalue weighted by atomic mass is 15.3. The van der Waals surface area contributed by atoms with Crippen molar-refractivity contribution in [2.24, 2.45) is 11.3 Å². The van der Waals surface area contributed by atoms with E-state index in [4.69, 9.17) is 5.84 Å². The second-order valence-corrected chi connectivity index (χ2v) is 4.97. The number of aryl methyl sites for hydroxylation is 1. The Hall–Kier alpha value is -1.36. The van der Waals surface area contributed by atoms with Gasteiger partial charge >= 0.3 is 0 Å². The van der Waals surface area contributed by atoms with Gasteiger partial charge in [0.25, 0.3) is 0 Å². The van der Waals surface area contributed by atoms with Crippen molar-refractivity contribution in [2.75, 3.05) is 17.3 Å². The highest BCUT2D eigenvalue weighted by Gasteiger charge is 2.41. The number of nitrogens with two attached hydrogens (primary N) is 1. The molecule has 0 aromatic carbocycles. The van der Waals surface area contributed by atoms with Crippen LogP contribution in [0.2, 0.25) is 0 Å². The summed E-state index contributed by atoms with van der Waals surface area (Å²) in [5, 5.41) is 3.40. The molecule has 1 aromatic heterocycles. The Morgan fingerprint density at radius 1 is 1.41 bits per heavy atom. The third-order valence-electron chi connectivity index (χ3n) is 3.37. The molecular weight excluding hydrogens is 214 g/mol. The third kappa shape index (κ3) is 3.06.